The van der Waals surface area contributed by atoms with Crippen molar-refractivity contribution < 1.29 is 55.3 Å². The van der Waals surface area contributed by atoms with E-state index in [0.717, 1.165) is 16.0 Å². The Morgan fingerprint density at radius 1 is 1.08 bits per heavy atom. The van der Waals surface area contributed by atoms with E-state index in [9.17, 15) is 41.1 Å². The van der Waals surface area contributed by atoms with Gasteiger partial charge in [-0.3, -0.25) is 24.0 Å². The maximum absolute atomic E-state index is 15.1. The number of sulfonamides is 1. The van der Waals surface area contributed by atoms with Crippen molar-refractivity contribution in [2.75, 3.05) is 37.7 Å². The number of nitrogens with one attached hydrogen (secondary N) is 2. The lowest BCUT2D eigenvalue weighted by Gasteiger charge is -2.45. The van der Waals surface area contributed by atoms with Crippen LogP contribution in [0, 0.1) is 17.8 Å². The number of carboxylic acid groups (broad SMARTS) is 1. The Hall–Kier alpha value is -4.65. The number of benzene rings is 1. The Balaban J connectivity index is 1.28. The number of hydrogen-bond donors (Lipinski definition) is 3. The smallest absolute Gasteiger partial charge is 0.411 e. The fourth-order valence-corrected chi connectivity index (χ4v) is 10.4. The van der Waals surface area contributed by atoms with Gasteiger partial charge < -0.3 is 29.7 Å². The van der Waals surface area contributed by atoms with E-state index >= 15 is 4.79 Å². The van der Waals surface area contributed by atoms with Crippen molar-refractivity contribution in [3.05, 3.63) is 42.6 Å². The Labute approximate surface area is 353 Å². The summed E-state index contributed by atoms with van der Waals surface area (Å²) in [5.41, 5.74) is -3.90. The highest BCUT2D eigenvalue weighted by atomic mass is 32.2. The minimum Gasteiger partial charge on any atom is -0.472 e. The first-order valence-electron chi connectivity index (χ1n) is 20.9. The van der Waals surface area contributed by atoms with Crippen LogP contribution in [0.4, 0.5) is 23.7 Å². The van der Waals surface area contributed by atoms with E-state index in [-0.39, 0.29) is 42.5 Å². The standard InChI is InChI=1S/C42H55F3N6O9S/c1-25-10-6-7-11-27-22-41(27,37(54)48-61(57,58)40(5)14-15-40)47-34(52)31-21-28(60-35-30-13-9-8-12-29(30)32(23-46-35)49-16-18-59-19-17-49)24-50(31)36(53)33(26(2)20-25)51(38(55)56)39(3,4)42(43,44)45/h7-9,11-13,23,25-28,31,33H,6,10,14-22,24H2,1-5H3,(H,47,52)(H,48,54)(H,55,56)/b11-7-/t25-,26-,27-,28-,31+,33+,41-/m1/s1. The van der Waals surface area contributed by atoms with Crippen molar-refractivity contribution in [1.29, 1.82) is 0 Å². The first kappa shape index (κ1) is 44.4. The molecule has 61 heavy (non-hydrogen) atoms. The fourth-order valence-electron chi connectivity index (χ4n) is 9.04. The topological polar surface area (TPSA) is 188 Å². The third-order valence-corrected chi connectivity index (χ3v) is 15.5. The number of nitrogens with zero attached hydrogens (tertiary/aromatic N) is 4. The second-order valence-electron chi connectivity index (χ2n) is 18.2. The summed E-state index contributed by atoms with van der Waals surface area (Å²) in [6.45, 7) is 8.34. The number of pyridine rings is 1. The Kier molecular flexibility index (Phi) is 11.8. The number of aromatic nitrogens is 1. The molecule has 3 N–H and O–H groups in total. The number of carbonyl (C=O) groups excluding carboxylic acids is 3. The quantitative estimate of drug-likeness (QED) is 0.303. The molecule has 7 rings (SSSR count). The highest BCUT2D eigenvalue weighted by Crippen LogP contribution is 2.48. The number of morpholine rings is 1. The van der Waals surface area contributed by atoms with E-state index in [1.54, 1.807) is 18.3 Å². The van der Waals surface area contributed by atoms with E-state index in [4.69, 9.17) is 9.47 Å². The Morgan fingerprint density at radius 2 is 1.75 bits per heavy atom. The third kappa shape index (κ3) is 8.47. The van der Waals surface area contributed by atoms with Crippen LogP contribution in [0.5, 0.6) is 5.88 Å². The molecule has 19 heteroatoms. The molecule has 0 radical (unpaired) electrons. The summed E-state index contributed by atoms with van der Waals surface area (Å²) >= 11 is 0. The molecular formula is C42H55F3N6O9S. The van der Waals surface area contributed by atoms with Crippen molar-refractivity contribution in [2.24, 2.45) is 17.8 Å². The molecule has 4 heterocycles. The summed E-state index contributed by atoms with van der Waals surface area (Å²) < 4.78 is 83.9. The van der Waals surface area contributed by atoms with Gasteiger partial charge in [0.1, 0.15) is 29.3 Å². The van der Waals surface area contributed by atoms with Gasteiger partial charge in [-0.15, -0.1) is 0 Å². The zero-order valence-electron chi connectivity index (χ0n) is 35.0. The lowest BCUT2D eigenvalue weighted by Crippen LogP contribution is -2.66. The highest BCUT2D eigenvalue weighted by molar-refractivity contribution is 7.91. The summed E-state index contributed by atoms with van der Waals surface area (Å²) in [7, 11) is -4.12. The van der Waals surface area contributed by atoms with Gasteiger partial charge in [0.15, 0.2) is 0 Å². The number of rotatable bonds is 8. The number of alkyl halides is 3. The van der Waals surface area contributed by atoms with Crippen LogP contribution in [0.25, 0.3) is 10.8 Å². The number of carbonyl (C=O) groups is 4. The Bertz CT molecular complexity index is 2190. The minimum absolute atomic E-state index is 0.0566. The predicted octanol–water partition coefficient (Wildman–Crippen LogP) is 4.99. The summed E-state index contributed by atoms with van der Waals surface area (Å²) in [6, 6.07) is 4.04. The van der Waals surface area contributed by atoms with Crippen molar-refractivity contribution in [3.8, 4) is 5.88 Å². The molecule has 2 aliphatic carbocycles. The van der Waals surface area contributed by atoms with E-state index in [2.05, 4.69) is 19.9 Å². The maximum atomic E-state index is 15.1. The second kappa shape index (κ2) is 16.2. The van der Waals surface area contributed by atoms with Gasteiger partial charge in [0, 0.05) is 36.2 Å². The fraction of sp³-hybridized carbons (Fsp3) is 0.643. The molecule has 7 atom stereocenters. The maximum Gasteiger partial charge on any atom is 0.411 e. The predicted molar refractivity (Wildman–Crippen MR) is 218 cm³/mol. The Morgan fingerprint density at radius 3 is 2.39 bits per heavy atom. The van der Waals surface area contributed by atoms with Gasteiger partial charge in [-0.2, -0.15) is 13.2 Å². The molecule has 3 aliphatic heterocycles. The second-order valence-corrected chi connectivity index (χ2v) is 20.4. The van der Waals surface area contributed by atoms with Crippen LogP contribution in [0.2, 0.25) is 0 Å². The van der Waals surface area contributed by atoms with Gasteiger partial charge in [-0.1, -0.05) is 44.2 Å². The lowest BCUT2D eigenvalue weighted by molar-refractivity contribution is -0.222. The zero-order valence-corrected chi connectivity index (χ0v) is 35.9. The SMILES string of the molecule is C[C@@H]1CC/C=C\[C@@H]2C[C@@]2(C(=O)NS(=O)(=O)C2(C)CC2)NC(=O)[C@@H]2C[C@@H](Oc3ncc(N4CCOCC4)c4ccccc34)CN2C(=O)[C@@H](N(C(=O)O)C(C)(C)C(F)(F)F)[C@H](C)C1. The van der Waals surface area contributed by atoms with Crippen LogP contribution in [0.1, 0.15) is 79.6 Å². The molecule has 0 unspecified atom stereocenters. The first-order chi connectivity index (χ1) is 28.6. The number of allylic oxidation sites excluding steroid dienone is 1. The van der Waals surface area contributed by atoms with Crippen LogP contribution < -0.4 is 19.7 Å². The van der Waals surface area contributed by atoms with Crippen molar-refractivity contribution in [1.82, 2.24) is 24.8 Å². The van der Waals surface area contributed by atoms with E-state index < -0.39 is 85.9 Å². The first-order valence-corrected chi connectivity index (χ1v) is 22.4. The molecule has 0 bridgehead atoms. The van der Waals surface area contributed by atoms with Crippen LogP contribution in [-0.4, -0.2) is 125 Å². The molecule has 334 valence electrons. The summed E-state index contributed by atoms with van der Waals surface area (Å²) in [5, 5.41) is 14.7. The van der Waals surface area contributed by atoms with Gasteiger partial charge >= 0.3 is 12.3 Å². The van der Waals surface area contributed by atoms with E-state index in [1.807, 2.05) is 31.2 Å². The van der Waals surface area contributed by atoms with Crippen LogP contribution >= 0.6 is 0 Å². The number of anilines is 1. The summed E-state index contributed by atoms with van der Waals surface area (Å²) in [5.74, 6) is -4.39. The molecule has 2 aromatic rings. The van der Waals surface area contributed by atoms with Gasteiger partial charge in [0.25, 0.3) is 5.91 Å². The molecule has 0 spiro atoms. The van der Waals surface area contributed by atoms with Crippen LogP contribution in [-0.2, 0) is 29.1 Å². The minimum atomic E-state index is -5.09. The number of amides is 4. The number of fused-ring (bicyclic) bond motifs is 3. The molecular weight excluding hydrogens is 822 g/mol. The molecule has 1 aromatic carbocycles. The molecule has 4 fully saturated rings. The number of ether oxygens (including phenoxy) is 2. The van der Waals surface area contributed by atoms with Gasteiger partial charge in [0.2, 0.25) is 27.7 Å². The van der Waals surface area contributed by atoms with Crippen molar-refractivity contribution in [3.63, 3.8) is 0 Å². The molecule has 15 nitrogen and oxygen atoms in total. The lowest BCUT2D eigenvalue weighted by atomic mass is 9.85. The zero-order chi connectivity index (χ0) is 44.3. The average molecular weight is 877 g/mol. The molecule has 1 aromatic heterocycles. The number of hydrogen-bond acceptors (Lipinski definition) is 10. The summed E-state index contributed by atoms with van der Waals surface area (Å²) in [4.78, 5) is 64.8. The third-order valence-electron chi connectivity index (χ3n) is 13.4. The molecule has 2 saturated carbocycles. The molecule has 5 aliphatic rings. The van der Waals surface area contributed by atoms with Crippen LogP contribution in [0.3, 0.4) is 0 Å². The van der Waals surface area contributed by atoms with Crippen molar-refractivity contribution >= 4 is 50.3 Å². The largest absolute Gasteiger partial charge is 0.472 e. The molecule has 4 amide bonds. The van der Waals surface area contributed by atoms with E-state index in [1.165, 1.54) is 13.8 Å². The van der Waals surface area contributed by atoms with Gasteiger partial charge in [-0.05, 0) is 77.2 Å². The average Bonchev–Trinajstić information content (AvgIpc) is 4.08. The monoisotopic (exact) mass is 876 g/mol. The highest BCUT2D eigenvalue weighted by Gasteiger charge is 2.64. The van der Waals surface area contributed by atoms with E-state index in [0.29, 0.717) is 71.2 Å². The van der Waals surface area contributed by atoms with Gasteiger partial charge in [-0.25, -0.2) is 18.2 Å². The number of halogens is 3. The summed E-state index contributed by atoms with van der Waals surface area (Å²) in [6.07, 6.45) is -1.09. The van der Waals surface area contributed by atoms with Crippen LogP contribution in [0.15, 0.2) is 42.6 Å². The van der Waals surface area contributed by atoms with Gasteiger partial charge in [0.05, 0.1) is 36.4 Å². The molecule has 2 saturated heterocycles. The van der Waals surface area contributed by atoms with Crippen molar-refractivity contribution in [2.45, 2.75) is 120 Å². The normalized spacial score (nSPS) is 30.2.